The van der Waals surface area contributed by atoms with E-state index < -0.39 is 23.7 Å². The number of aliphatic carboxylic acids is 1. The smallest absolute Gasteiger partial charge is 0.323 e. The molecule has 1 heterocycles. The highest BCUT2D eigenvalue weighted by atomic mass is 32.1. The van der Waals surface area contributed by atoms with E-state index in [0.29, 0.717) is 5.92 Å². The second kappa shape index (κ2) is 7.90. The number of nitrogens with two attached hydrogens (primary N) is 1. The Balaban J connectivity index is 1.76. The number of rotatable bonds is 6. The minimum atomic E-state index is -1.10. The van der Waals surface area contributed by atoms with Crippen LogP contribution in [0.4, 0.5) is 0 Å². The fourth-order valence-corrected chi connectivity index (χ4v) is 6.49. The Morgan fingerprint density at radius 2 is 1.65 bits per heavy atom. The van der Waals surface area contributed by atoms with Crippen molar-refractivity contribution in [2.75, 3.05) is 0 Å². The first-order chi connectivity index (χ1) is 15.0. The van der Waals surface area contributed by atoms with Gasteiger partial charge in [-0.25, -0.2) is 0 Å². The van der Waals surface area contributed by atoms with E-state index in [4.69, 9.17) is 10.5 Å². The van der Waals surface area contributed by atoms with E-state index in [1.165, 1.54) is 36.1 Å². The first-order valence-electron chi connectivity index (χ1n) is 11.0. The number of carboxylic acid groups (broad SMARTS) is 1. The van der Waals surface area contributed by atoms with Crippen LogP contribution in [0.25, 0.3) is 11.1 Å². The van der Waals surface area contributed by atoms with Crippen molar-refractivity contribution >= 4 is 17.3 Å². The van der Waals surface area contributed by atoms with Crippen LogP contribution >= 0.6 is 11.3 Å². The van der Waals surface area contributed by atoms with Gasteiger partial charge >= 0.3 is 5.97 Å². The summed E-state index contributed by atoms with van der Waals surface area (Å²) in [5.41, 5.74) is 10.9. The van der Waals surface area contributed by atoms with Crippen LogP contribution in [-0.4, -0.2) is 23.2 Å². The van der Waals surface area contributed by atoms with Gasteiger partial charge in [0.15, 0.2) is 5.60 Å². The third-order valence-corrected chi connectivity index (χ3v) is 7.90. The van der Waals surface area contributed by atoms with Crippen molar-refractivity contribution in [2.45, 2.75) is 56.3 Å². The summed E-state index contributed by atoms with van der Waals surface area (Å²) in [6.45, 7) is 1.77. The number of hydrogen-bond acceptors (Lipinski definition) is 4. The number of carbonyl (C=O) groups is 1. The molecular formula is C26H27NO3S. The third kappa shape index (κ3) is 3.15. The summed E-state index contributed by atoms with van der Waals surface area (Å²) in [5.74, 6) is -0.533. The topological polar surface area (TPSA) is 72.5 Å². The van der Waals surface area contributed by atoms with Crippen LogP contribution < -0.4 is 5.73 Å². The molecule has 0 unspecified atom stereocenters. The van der Waals surface area contributed by atoms with Gasteiger partial charge in [0.2, 0.25) is 0 Å². The molecular weight excluding hydrogens is 406 g/mol. The standard InChI is InChI=1S/C26H27NO3S/c1-16(23(27)25(28)29)30-26(24-18(14-15-31-24)17-8-2-3-9-17)21-12-6-4-10-19(21)20-11-5-7-13-22(20)26/h4-7,10-17,23H,2-3,8-9,27H2,1H3,(H,28,29)/t16-,23+/m1/s1. The zero-order chi connectivity index (χ0) is 21.6. The van der Waals surface area contributed by atoms with Crippen LogP contribution in [-0.2, 0) is 15.1 Å². The van der Waals surface area contributed by atoms with Gasteiger partial charge in [-0.1, -0.05) is 61.4 Å². The Morgan fingerprint density at radius 3 is 2.23 bits per heavy atom. The molecule has 0 amide bonds. The lowest BCUT2D eigenvalue weighted by atomic mass is 9.83. The van der Waals surface area contributed by atoms with Crippen molar-refractivity contribution < 1.29 is 14.6 Å². The highest BCUT2D eigenvalue weighted by Crippen LogP contribution is 2.57. The zero-order valence-electron chi connectivity index (χ0n) is 17.6. The van der Waals surface area contributed by atoms with Crippen molar-refractivity contribution in [1.29, 1.82) is 0 Å². The van der Waals surface area contributed by atoms with E-state index in [2.05, 4.69) is 35.7 Å². The van der Waals surface area contributed by atoms with E-state index >= 15 is 0 Å². The number of hydrogen-bond donors (Lipinski definition) is 2. The van der Waals surface area contributed by atoms with Gasteiger partial charge in [0, 0.05) is 16.0 Å². The van der Waals surface area contributed by atoms with Crippen LogP contribution in [0.5, 0.6) is 0 Å². The van der Waals surface area contributed by atoms with Crippen LogP contribution in [0, 0.1) is 0 Å². The quantitative estimate of drug-likeness (QED) is 0.539. The predicted molar refractivity (Wildman–Crippen MR) is 123 cm³/mol. The molecule has 4 nitrogen and oxygen atoms in total. The summed E-state index contributed by atoms with van der Waals surface area (Å²) in [6.07, 6.45) is 4.21. The van der Waals surface area contributed by atoms with Gasteiger partial charge in [-0.3, -0.25) is 4.79 Å². The molecule has 5 heteroatoms. The van der Waals surface area contributed by atoms with Gasteiger partial charge in [-0.15, -0.1) is 11.3 Å². The molecule has 31 heavy (non-hydrogen) atoms. The van der Waals surface area contributed by atoms with Crippen molar-refractivity contribution in [3.8, 4) is 11.1 Å². The molecule has 2 aliphatic rings. The normalized spacial score (nSPS) is 19.0. The Labute approximate surface area is 186 Å². The Kier molecular flexibility index (Phi) is 5.21. The summed E-state index contributed by atoms with van der Waals surface area (Å²) >= 11 is 1.71. The van der Waals surface area contributed by atoms with Crippen LogP contribution in [0.3, 0.4) is 0 Å². The highest BCUT2D eigenvalue weighted by molar-refractivity contribution is 7.10. The van der Waals surface area contributed by atoms with Crippen molar-refractivity contribution in [2.24, 2.45) is 5.73 Å². The summed E-state index contributed by atoms with van der Waals surface area (Å²) in [5, 5.41) is 11.7. The second-order valence-corrected chi connectivity index (χ2v) is 9.56. The molecule has 2 atom stereocenters. The molecule has 0 aliphatic heterocycles. The molecule has 2 aliphatic carbocycles. The lowest BCUT2D eigenvalue weighted by molar-refractivity contribution is -0.144. The second-order valence-electron chi connectivity index (χ2n) is 8.65. The number of fused-ring (bicyclic) bond motifs is 3. The van der Waals surface area contributed by atoms with Gasteiger partial charge in [0.05, 0.1) is 6.10 Å². The van der Waals surface area contributed by atoms with E-state index in [0.717, 1.165) is 22.3 Å². The maximum atomic E-state index is 11.7. The zero-order valence-corrected chi connectivity index (χ0v) is 18.4. The summed E-state index contributed by atoms with van der Waals surface area (Å²) in [4.78, 5) is 12.8. The molecule has 2 aromatic carbocycles. The van der Waals surface area contributed by atoms with Gasteiger partial charge in [-0.05, 0) is 53.8 Å². The van der Waals surface area contributed by atoms with Gasteiger partial charge in [-0.2, -0.15) is 0 Å². The van der Waals surface area contributed by atoms with Crippen LogP contribution in [0.1, 0.15) is 60.1 Å². The first kappa shape index (κ1) is 20.4. The van der Waals surface area contributed by atoms with Crippen molar-refractivity contribution in [3.63, 3.8) is 0 Å². The first-order valence-corrected chi connectivity index (χ1v) is 11.9. The molecule has 3 aromatic rings. The Hall–Kier alpha value is -2.47. The Morgan fingerprint density at radius 1 is 1.06 bits per heavy atom. The summed E-state index contributed by atoms with van der Waals surface area (Å²) in [6, 6.07) is 17.8. The minimum Gasteiger partial charge on any atom is -0.480 e. The largest absolute Gasteiger partial charge is 0.480 e. The summed E-state index contributed by atoms with van der Waals surface area (Å²) < 4.78 is 6.82. The molecule has 1 fully saturated rings. The number of thiophene rings is 1. The predicted octanol–water partition coefficient (Wildman–Crippen LogP) is 5.50. The van der Waals surface area contributed by atoms with Crippen LogP contribution in [0.15, 0.2) is 60.0 Å². The van der Waals surface area contributed by atoms with Crippen molar-refractivity contribution in [1.82, 2.24) is 0 Å². The molecule has 0 radical (unpaired) electrons. The number of ether oxygens (including phenoxy) is 1. The fraction of sp³-hybridized carbons (Fsp3) is 0.346. The lowest BCUT2D eigenvalue weighted by Crippen LogP contribution is -2.46. The third-order valence-electron chi connectivity index (χ3n) is 6.87. The highest BCUT2D eigenvalue weighted by Gasteiger charge is 2.50. The minimum absolute atomic E-state index is 0.519. The van der Waals surface area contributed by atoms with E-state index in [1.54, 1.807) is 18.3 Å². The number of benzene rings is 2. The number of carboxylic acids is 1. The fourth-order valence-electron chi connectivity index (χ4n) is 5.34. The van der Waals surface area contributed by atoms with Crippen LogP contribution in [0.2, 0.25) is 0 Å². The molecule has 3 N–H and O–H groups in total. The van der Waals surface area contributed by atoms with Gasteiger partial charge < -0.3 is 15.6 Å². The average Bonchev–Trinajstić information content (AvgIpc) is 3.52. The molecule has 5 rings (SSSR count). The van der Waals surface area contributed by atoms with Gasteiger partial charge in [0.1, 0.15) is 6.04 Å². The average molecular weight is 434 g/mol. The SMILES string of the molecule is C[C@@H](OC1(c2sccc2C2CCCC2)c2ccccc2-c2ccccc21)[C@H](N)C(=O)O. The molecule has 0 spiro atoms. The molecule has 1 aromatic heterocycles. The van der Waals surface area contributed by atoms with E-state index in [9.17, 15) is 9.90 Å². The maximum absolute atomic E-state index is 11.7. The lowest BCUT2D eigenvalue weighted by Gasteiger charge is -2.37. The molecule has 0 saturated heterocycles. The van der Waals surface area contributed by atoms with Crippen molar-refractivity contribution in [3.05, 3.63) is 81.5 Å². The van der Waals surface area contributed by atoms with E-state index in [1.807, 2.05) is 24.3 Å². The van der Waals surface area contributed by atoms with E-state index in [-0.39, 0.29) is 0 Å². The Bertz CT molecular complexity index is 1070. The molecule has 0 bridgehead atoms. The maximum Gasteiger partial charge on any atom is 0.323 e. The molecule has 1 saturated carbocycles. The monoisotopic (exact) mass is 433 g/mol. The molecule has 160 valence electrons. The van der Waals surface area contributed by atoms with Gasteiger partial charge in [0.25, 0.3) is 0 Å². The summed E-state index contributed by atoms with van der Waals surface area (Å²) in [7, 11) is 0.